The lowest BCUT2D eigenvalue weighted by Crippen LogP contribution is -2.28. The number of amides is 1. The van der Waals surface area contributed by atoms with E-state index in [4.69, 9.17) is 4.74 Å². The molecule has 0 saturated carbocycles. The maximum Gasteiger partial charge on any atom is 0.407 e. The summed E-state index contributed by atoms with van der Waals surface area (Å²) in [6, 6.07) is 18.4. The van der Waals surface area contributed by atoms with E-state index in [1.165, 1.54) is 41.6 Å². The fourth-order valence-electron chi connectivity index (χ4n) is 4.12. The third-order valence-corrected chi connectivity index (χ3v) is 5.84. The zero-order valence-electron chi connectivity index (χ0n) is 16.4. The number of hydrogen-bond donors (Lipinski definition) is 1. The van der Waals surface area contributed by atoms with Gasteiger partial charge in [0.25, 0.3) is 0 Å². The van der Waals surface area contributed by atoms with E-state index in [2.05, 4.69) is 65.7 Å². The van der Waals surface area contributed by atoms with Gasteiger partial charge in [-0.25, -0.2) is 4.79 Å². The number of nitrogens with zero attached hydrogens (tertiary/aromatic N) is 1. The van der Waals surface area contributed by atoms with E-state index in [1.54, 1.807) is 0 Å². The van der Waals surface area contributed by atoms with Crippen LogP contribution >= 0.6 is 12.4 Å². The molecule has 0 radical (unpaired) electrons. The van der Waals surface area contributed by atoms with Crippen molar-refractivity contribution in [3.05, 3.63) is 59.7 Å². The zero-order valence-corrected chi connectivity index (χ0v) is 17.2. The number of ether oxygens (including phenoxy) is 1. The molecule has 0 aliphatic carbocycles. The Morgan fingerprint density at radius 2 is 1.68 bits per heavy atom. The molecule has 4 nitrogen and oxygen atoms in total. The molecule has 2 aliphatic heterocycles. The molecule has 0 spiro atoms. The van der Waals surface area contributed by atoms with Gasteiger partial charge in [-0.1, -0.05) is 48.5 Å². The van der Waals surface area contributed by atoms with Gasteiger partial charge in [0.15, 0.2) is 0 Å². The molecule has 150 valence electrons. The molecule has 4 rings (SSSR count). The number of cyclic esters (lactones) is 1. The normalized spacial score (nSPS) is 21.8. The van der Waals surface area contributed by atoms with E-state index < -0.39 is 0 Å². The summed E-state index contributed by atoms with van der Waals surface area (Å²) in [5, 5.41) is 2.83. The summed E-state index contributed by atoms with van der Waals surface area (Å²) in [5.41, 5.74) is 5.10. The van der Waals surface area contributed by atoms with E-state index in [-0.39, 0.29) is 24.5 Å². The minimum atomic E-state index is -0.309. The molecule has 2 aromatic rings. The van der Waals surface area contributed by atoms with Crippen molar-refractivity contribution in [1.82, 2.24) is 10.2 Å². The summed E-state index contributed by atoms with van der Waals surface area (Å²) in [7, 11) is 0. The minimum Gasteiger partial charge on any atom is -0.447 e. The molecule has 2 heterocycles. The van der Waals surface area contributed by atoms with Crippen LogP contribution in [0.25, 0.3) is 11.1 Å². The molecule has 1 amide bonds. The maximum absolute atomic E-state index is 11.1. The van der Waals surface area contributed by atoms with Gasteiger partial charge in [-0.2, -0.15) is 0 Å². The Morgan fingerprint density at radius 1 is 1.04 bits per heavy atom. The highest BCUT2D eigenvalue weighted by Crippen LogP contribution is 2.22. The number of nitrogens with one attached hydrogen (secondary N) is 1. The van der Waals surface area contributed by atoms with Crippen molar-refractivity contribution in [2.45, 2.75) is 44.7 Å². The molecule has 2 saturated heterocycles. The molecular weight excluding hydrogens is 372 g/mol. The van der Waals surface area contributed by atoms with Gasteiger partial charge in [0.1, 0.15) is 6.61 Å². The Balaban J connectivity index is 0.00000225. The number of carbonyl (C=O) groups excluding carboxylic acids is 1. The first-order chi connectivity index (χ1) is 13.2. The standard InChI is InChI=1S/C23H28N2O2.ClH/c1-17-3-2-13-25(17)14-12-18-4-8-20(9-5-18)21-10-6-19(7-11-21)15-22-16-27-23(26)24-22;/h4-11,17,22H,2-3,12-16H2,1H3,(H,24,26);1H/t17-,22+;/m1./s1. The highest BCUT2D eigenvalue weighted by Gasteiger charge is 2.22. The number of alkyl carbamates (subject to hydrolysis) is 1. The fraction of sp³-hybridized carbons (Fsp3) is 0.435. The first-order valence-corrected chi connectivity index (χ1v) is 10.0. The average molecular weight is 401 g/mol. The van der Waals surface area contributed by atoms with E-state index in [9.17, 15) is 4.79 Å². The molecule has 0 bridgehead atoms. The summed E-state index contributed by atoms with van der Waals surface area (Å²) in [5.74, 6) is 0. The van der Waals surface area contributed by atoms with Crippen LogP contribution in [0.15, 0.2) is 48.5 Å². The summed E-state index contributed by atoms with van der Waals surface area (Å²) in [6.07, 6.45) is 4.31. The first-order valence-electron chi connectivity index (χ1n) is 10.0. The van der Waals surface area contributed by atoms with E-state index >= 15 is 0 Å². The third-order valence-electron chi connectivity index (χ3n) is 5.84. The molecule has 1 N–H and O–H groups in total. The fourth-order valence-corrected chi connectivity index (χ4v) is 4.12. The van der Waals surface area contributed by atoms with Crippen molar-refractivity contribution in [3.63, 3.8) is 0 Å². The largest absolute Gasteiger partial charge is 0.447 e. The van der Waals surface area contributed by atoms with Crippen molar-refractivity contribution >= 4 is 18.5 Å². The monoisotopic (exact) mass is 400 g/mol. The van der Waals surface area contributed by atoms with Crippen LogP contribution < -0.4 is 5.32 Å². The topological polar surface area (TPSA) is 41.6 Å². The number of halogens is 1. The summed E-state index contributed by atoms with van der Waals surface area (Å²) in [4.78, 5) is 13.7. The predicted octanol–water partition coefficient (Wildman–Crippen LogP) is 4.45. The average Bonchev–Trinajstić information content (AvgIpc) is 3.29. The van der Waals surface area contributed by atoms with Crippen molar-refractivity contribution in [2.24, 2.45) is 0 Å². The molecule has 2 aromatic carbocycles. The van der Waals surface area contributed by atoms with Gasteiger partial charge in [-0.15, -0.1) is 12.4 Å². The van der Waals surface area contributed by atoms with Gasteiger partial charge in [0.2, 0.25) is 0 Å². The molecule has 5 heteroatoms. The minimum absolute atomic E-state index is 0. The number of rotatable bonds is 6. The maximum atomic E-state index is 11.1. The SMILES string of the molecule is C[C@@H]1CCCN1CCc1ccc(-c2ccc(C[C@H]3COC(=O)N3)cc2)cc1.Cl. The summed E-state index contributed by atoms with van der Waals surface area (Å²) < 4.78 is 4.95. The van der Waals surface area contributed by atoms with Crippen molar-refractivity contribution in [3.8, 4) is 11.1 Å². The molecule has 2 atom stereocenters. The zero-order chi connectivity index (χ0) is 18.6. The number of likely N-dealkylation sites (tertiary alicyclic amines) is 1. The lowest BCUT2D eigenvalue weighted by Gasteiger charge is -2.20. The first kappa shape index (κ1) is 20.7. The molecule has 0 aromatic heterocycles. The van der Waals surface area contributed by atoms with E-state index in [0.29, 0.717) is 6.61 Å². The van der Waals surface area contributed by atoms with Crippen LogP contribution in [0.5, 0.6) is 0 Å². The van der Waals surface area contributed by atoms with Crippen LogP contribution in [-0.2, 0) is 17.6 Å². The van der Waals surface area contributed by atoms with Crippen molar-refractivity contribution in [2.75, 3.05) is 19.7 Å². The van der Waals surface area contributed by atoms with Crippen LogP contribution in [0.2, 0.25) is 0 Å². The van der Waals surface area contributed by atoms with Crippen LogP contribution in [0.3, 0.4) is 0 Å². The van der Waals surface area contributed by atoms with Crippen LogP contribution in [0.1, 0.15) is 30.9 Å². The third kappa shape index (κ3) is 5.06. The number of benzene rings is 2. The highest BCUT2D eigenvalue weighted by atomic mass is 35.5. The molecule has 0 unspecified atom stereocenters. The van der Waals surface area contributed by atoms with Gasteiger partial charge < -0.3 is 15.0 Å². The Morgan fingerprint density at radius 3 is 2.21 bits per heavy atom. The van der Waals surface area contributed by atoms with Gasteiger partial charge in [0, 0.05) is 12.6 Å². The smallest absolute Gasteiger partial charge is 0.407 e. The van der Waals surface area contributed by atoms with E-state index in [0.717, 1.165) is 25.4 Å². The van der Waals surface area contributed by atoms with Crippen LogP contribution in [-0.4, -0.2) is 42.8 Å². The molecule has 2 aliphatic rings. The molecular formula is C23H29ClN2O2. The number of carbonyl (C=O) groups is 1. The second-order valence-corrected chi connectivity index (χ2v) is 7.81. The quantitative estimate of drug-likeness (QED) is 0.778. The molecule has 28 heavy (non-hydrogen) atoms. The van der Waals surface area contributed by atoms with Crippen LogP contribution in [0.4, 0.5) is 4.79 Å². The Bertz CT molecular complexity index is 776. The lowest BCUT2D eigenvalue weighted by molar-refractivity contribution is 0.177. The van der Waals surface area contributed by atoms with Crippen molar-refractivity contribution in [1.29, 1.82) is 0 Å². The van der Waals surface area contributed by atoms with E-state index in [1.807, 2.05) is 0 Å². The predicted molar refractivity (Wildman–Crippen MR) is 115 cm³/mol. The van der Waals surface area contributed by atoms with Gasteiger partial charge in [-0.3, -0.25) is 0 Å². The second kappa shape index (κ2) is 9.44. The van der Waals surface area contributed by atoms with Crippen molar-refractivity contribution < 1.29 is 9.53 Å². The van der Waals surface area contributed by atoms with Gasteiger partial charge in [0.05, 0.1) is 6.04 Å². The summed E-state index contributed by atoms with van der Waals surface area (Å²) in [6.45, 7) is 5.21. The van der Waals surface area contributed by atoms with Gasteiger partial charge in [-0.05, 0) is 61.4 Å². The second-order valence-electron chi connectivity index (χ2n) is 7.81. The number of hydrogen-bond acceptors (Lipinski definition) is 3. The van der Waals surface area contributed by atoms with Gasteiger partial charge >= 0.3 is 6.09 Å². The Hall–Kier alpha value is -2.04. The van der Waals surface area contributed by atoms with Crippen LogP contribution in [0, 0.1) is 0 Å². The highest BCUT2D eigenvalue weighted by molar-refractivity contribution is 5.85. The summed E-state index contributed by atoms with van der Waals surface area (Å²) >= 11 is 0. The molecule has 2 fully saturated rings. The Kier molecular flexibility index (Phi) is 6.97. The lowest BCUT2D eigenvalue weighted by atomic mass is 9.99. The Labute approximate surface area is 173 Å².